The van der Waals surface area contributed by atoms with Crippen LogP contribution >= 0.6 is 0 Å². The first-order chi connectivity index (χ1) is 23.0. The van der Waals surface area contributed by atoms with Crippen LogP contribution in [0.1, 0.15) is 66.4 Å². The molecule has 1 aliphatic rings. The highest BCUT2D eigenvalue weighted by molar-refractivity contribution is 5.98. The number of carbonyl (C=O) groups is 7. The summed E-state index contributed by atoms with van der Waals surface area (Å²) >= 11 is 0. The number of aromatic amines is 1. The molecule has 268 valence electrons. The number of aromatic nitrogens is 1. The Morgan fingerprint density at radius 1 is 0.714 bits per heavy atom. The van der Waals surface area contributed by atoms with Gasteiger partial charge in [-0.3, -0.25) is 33.6 Å². The lowest BCUT2D eigenvalue weighted by atomic mass is 9.98. The molecule has 15 heteroatoms. The van der Waals surface area contributed by atoms with Crippen LogP contribution in [0.2, 0.25) is 0 Å². The van der Waals surface area contributed by atoms with Crippen LogP contribution in [0.15, 0.2) is 30.5 Å². The third kappa shape index (κ3) is 11.3. The molecule has 5 atom stereocenters. The molecule has 0 unspecified atom stereocenters. The Kier molecular flexibility index (Phi) is 13.7. The zero-order valence-electron chi connectivity index (χ0n) is 29.0. The van der Waals surface area contributed by atoms with Gasteiger partial charge in [0, 0.05) is 23.5 Å². The van der Waals surface area contributed by atoms with Crippen molar-refractivity contribution in [2.75, 3.05) is 6.54 Å². The van der Waals surface area contributed by atoms with Gasteiger partial charge in [-0.1, -0.05) is 59.7 Å². The molecular formula is C34H50N8O7. The van der Waals surface area contributed by atoms with Gasteiger partial charge in [0.1, 0.15) is 30.2 Å². The van der Waals surface area contributed by atoms with Gasteiger partial charge in [-0.05, 0) is 42.2 Å². The van der Waals surface area contributed by atoms with E-state index in [2.05, 4.69) is 36.9 Å². The van der Waals surface area contributed by atoms with E-state index in [1.807, 2.05) is 52.0 Å². The number of H-pyrrole nitrogens is 1. The summed E-state index contributed by atoms with van der Waals surface area (Å²) in [5.74, 6) is -5.65. The van der Waals surface area contributed by atoms with Crippen molar-refractivity contribution in [3.05, 3.63) is 36.0 Å². The van der Waals surface area contributed by atoms with Gasteiger partial charge in [0.25, 0.3) is 0 Å². The van der Waals surface area contributed by atoms with Crippen molar-refractivity contribution < 1.29 is 33.6 Å². The average molecular weight is 683 g/mol. The van der Waals surface area contributed by atoms with Crippen LogP contribution in [0.4, 0.5) is 0 Å². The maximum atomic E-state index is 13.9. The third-order valence-corrected chi connectivity index (χ3v) is 8.14. The number of rotatable bonds is 9. The monoisotopic (exact) mass is 682 g/mol. The van der Waals surface area contributed by atoms with E-state index < -0.39 is 90.4 Å². The normalized spacial score (nSPS) is 23.7. The molecular weight excluding hydrogens is 632 g/mol. The number of hydrogen-bond acceptors (Lipinski definition) is 7. The number of nitrogens with two attached hydrogens (primary N) is 1. The van der Waals surface area contributed by atoms with Gasteiger partial charge < -0.3 is 42.6 Å². The summed E-state index contributed by atoms with van der Waals surface area (Å²) in [6, 6.07) is 1.52. The second kappa shape index (κ2) is 17.4. The average Bonchev–Trinajstić information content (AvgIpc) is 3.42. The van der Waals surface area contributed by atoms with Crippen LogP contribution < -0.4 is 37.6 Å². The van der Waals surface area contributed by atoms with Gasteiger partial charge >= 0.3 is 0 Å². The topological polar surface area (TPSA) is 233 Å². The molecule has 1 aliphatic heterocycles. The van der Waals surface area contributed by atoms with Gasteiger partial charge in [0.15, 0.2) is 0 Å². The van der Waals surface area contributed by atoms with Crippen LogP contribution in [-0.2, 0) is 40.0 Å². The van der Waals surface area contributed by atoms with E-state index in [1.54, 1.807) is 20.0 Å². The number of hydrogen-bond donors (Lipinski definition) is 8. The van der Waals surface area contributed by atoms with E-state index in [0.717, 1.165) is 16.5 Å². The highest BCUT2D eigenvalue weighted by atomic mass is 16.2. The molecule has 0 saturated carbocycles. The maximum Gasteiger partial charge on any atom is 0.243 e. The smallest absolute Gasteiger partial charge is 0.243 e. The second-order valence-electron chi connectivity index (χ2n) is 13.7. The Morgan fingerprint density at radius 2 is 1.27 bits per heavy atom. The maximum absolute atomic E-state index is 13.9. The highest BCUT2D eigenvalue weighted by Gasteiger charge is 2.35. The Bertz CT molecular complexity index is 1540. The van der Waals surface area contributed by atoms with Crippen LogP contribution in [0.3, 0.4) is 0 Å². The van der Waals surface area contributed by atoms with Gasteiger partial charge in [-0.25, -0.2) is 0 Å². The van der Waals surface area contributed by atoms with E-state index in [4.69, 9.17) is 5.73 Å². The SMILES string of the molecule is CC(C)C[C@@H]1NC(=O)[C@H](Cc2c[nH]c3ccccc23)NC(=O)CNC(=O)[C@H](CC(N)=O)NC(=O)[C@H](C(C)C)NC(=O)[C@@H](CC(C)C)NC1=O. The van der Waals surface area contributed by atoms with Crippen molar-refractivity contribution in [3.8, 4) is 0 Å². The number of benzene rings is 1. The minimum Gasteiger partial charge on any atom is -0.370 e. The fraction of sp³-hybridized carbons (Fsp3) is 0.559. The Hall–Kier alpha value is -4.95. The molecule has 1 aromatic heterocycles. The number of fused-ring (bicyclic) bond motifs is 1. The van der Waals surface area contributed by atoms with Crippen molar-refractivity contribution in [1.82, 2.24) is 36.9 Å². The quantitative estimate of drug-likeness (QED) is 0.179. The first-order valence-corrected chi connectivity index (χ1v) is 16.7. The molecule has 1 aromatic carbocycles. The highest BCUT2D eigenvalue weighted by Crippen LogP contribution is 2.20. The molecule has 3 rings (SSSR count). The molecule has 2 aromatic rings. The predicted octanol–water partition coefficient (Wildman–Crippen LogP) is -0.112. The van der Waals surface area contributed by atoms with Crippen LogP contribution in [0.5, 0.6) is 0 Å². The fourth-order valence-electron chi connectivity index (χ4n) is 5.68. The van der Waals surface area contributed by atoms with Gasteiger partial charge in [0.2, 0.25) is 41.4 Å². The first kappa shape index (κ1) is 38.5. The summed E-state index contributed by atoms with van der Waals surface area (Å²) in [6.45, 7) is 10.3. The summed E-state index contributed by atoms with van der Waals surface area (Å²) in [5, 5.41) is 16.6. The van der Waals surface area contributed by atoms with E-state index in [0.29, 0.717) is 0 Å². The van der Waals surface area contributed by atoms with E-state index >= 15 is 0 Å². The Morgan fingerprint density at radius 3 is 1.84 bits per heavy atom. The summed E-state index contributed by atoms with van der Waals surface area (Å²) in [6.07, 6.45) is 1.65. The van der Waals surface area contributed by atoms with Crippen molar-refractivity contribution in [3.63, 3.8) is 0 Å². The summed E-state index contributed by atoms with van der Waals surface area (Å²) < 4.78 is 0. The number of nitrogens with one attached hydrogen (secondary N) is 7. The predicted molar refractivity (Wildman–Crippen MR) is 182 cm³/mol. The van der Waals surface area contributed by atoms with Crippen molar-refractivity contribution in [1.29, 1.82) is 0 Å². The van der Waals surface area contributed by atoms with Crippen LogP contribution in [-0.4, -0.2) is 83.1 Å². The molecule has 1 fully saturated rings. The lowest BCUT2D eigenvalue weighted by molar-refractivity contribution is -0.137. The molecule has 2 heterocycles. The molecule has 7 amide bonds. The zero-order valence-corrected chi connectivity index (χ0v) is 29.0. The van der Waals surface area contributed by atoms with Crippen molar-refractivity contribution in [2.24, 2.45) is 23.5 Å². The number of para-hydroxylation sites is 1. The molecule has 0 radical (unpaired) electrons. The zero-order chi connectivity index (χ0) is 36.4. The Balaban J connectivity index is 2.04. The molecule has 0 spiro atoms. The lowest BCUT2D eigenvalue weighted by Gasteiger charge is -2.29. The summed E-state index contributed by atoms with van der Waals surface area (Å²) in [7, 11) is 0. The van der Waals surface area contributed by atoms with Gasteiger partial charge in [-0.15, -0.1) is 0 Å². The minimum absolute atomic E-state index is 0.0366. The van der Waals surface area contributed by atoms with E-state index in [9.17, 15) is 33.6 Å². The number of primary amides is 1. The van der Waals surface area contributed by atoms with Crippen molar-refractivity contribution >= 4 is 52.3 Å². The van der Waals surface area contributed by atoms with Crippen LogP contribution in [0.25, 0.3) is 10.9 Å². The molecule has 1 saturated heterocycles. The number of carbonyl (C=O) groups excluding carboxylic acids is 7. The molecule has 0 bridgehead atoms. The third-order valence-electron chi connectivity index (χ3n) is 8.14. The molecule has 49 heavy (non-hydrogen) atoms. The van der Waals surface area contributed by atoms with Gasteiger partial charge in [0.05, 0.1) is 13.0 Å². The fourth-order valence-corrected chi connectivity index (χ4v) is 5.68. The van der Waals surface area contributed by atoms with E-state index in [1.165, 1.54) is 0 Å². The summed E-state index contributed by atoms with van der Waals surface area (Å²) in [4.78, 5) is 96.0. The van der Waals surface area contributed by atoms with E-state index in [-0.39, 0.29) is 31.1 Å². The largest absolute Gasteiger partial charge is 0.370 e. The second-order valence-corrected chi connectivity index (χ2v) is 13.7. The number of amides is 7. The van der Waals surface area contributed by atoms with Crippen molar-refractivity contribution in [2.45, 2.75) is 97.4 Å². The van der Waals surface area contributed by atoms with Crippen LogP contribution in [0, 0.1) is 17.8 Å². The molecule has 15 nitrogen and oxygen atoms in total. The molecule has 0 aliphatic carbocycles. The van der Waals surface area contributed by atoms with Gasteiger partial charge in [-0.2, -0.15) is 0 Å². The minimum atomic E-state index is -1.46. The first-order valence-electron chi connectivity index (χ1n) is 16.7. The Labute approximate surface area is 286 Å². The lowest BCUT2D eigenvalue weighted by Crippen LogP contribution is -2.61. The summed E-state index contributed by atoms with van der Waals surface area (Å²) in [5.41, 5.74) is 6.91. The standard InChI is InChI=1S/C34H50N8O7/c1-17(2)11-23-31(46)40-24(12-18(3)4)33(48)42-29(19(5)6)34(49)41-26(14-27(35)43)30(45)37-16-28(44)38-25(32(47)39-23)13-20-15-36-22-10-8-7-9-21(20)22/h7-10,15,17-19,23-26,29,36H,11-14,16H2,1-6H3,(H2,35,43)(H,37,45)(H,38,44)(H,39,47)(H,40,46)(H,41,49)(H,42,48)/t23-,24+,25-,26-,29-/m0/s1. The molecule has 9 N–H and O–H groups in total.